The van der Waals surface area contributed by atoms with Crippen molar-refractivity contribution >= 4 is 22.9 Å². The third-order valence-electron chi connectivity index (χ3n) is 7.25. The molecular weight excluding hydrogens is 418 g/mol. The number of amides is 2. The fourth-order valence-corrected chi connectivity index (χ4v) is 5.29. The topological polar surface area (TPSA) is 76.7 Å². The number of para-hydroxylation sites is 1. The average molecular weight is 450 g/mol. The van der Waals surface area contributed by atoms with Crippen molar-refractivity contribution in [3.8, 4) is 5.75 Å². The standard InChI is InChI=1S/C26H31N3O4/c1-26(25(31)27-19-10-5-3-4-6-11-19)17-28-20-13-14-33-23(20)15-21(28)24(30)29(26)16-18-9-7-8-12-22(18)32-2/h7-9,12-15,19H,3-6,10-11,16-17H2,1-2H3,(H,27,31). The quantitative estimate of drug-likeness (QED) is 0.582. The van der Waals surface area contributed by atoms with Crippen molar-refractivity contribution in [3.63, 3.8) is 0 Å². The Labute approximate surface area is 193 Å². The summed E-state index contributed by atoms with van der Waals surface area (Å²) in [7, 11) is 1.62. The van der Waals surface area contributed by atoms with Gasteiger partial charge in [-0.1, -0.05) is 43.9 Å². The van der Waals surface area contributed by atoms with Gasteiger partial charge in [-0.25, -0.2) is 0 Å². The average Bonchev–Trinajstić information content (AvgIpc) is 3.31. The van der Waals surface area contributed by atoms with Crippen LogP contribution in [0.15, 0.2) is 47.1 Å². The molecule has 1 fully saturated rings. The Morgan fingerprint density at radius 2 is 1.94 bits per heavy atom. The molecule has 33 heavy (non-hydrogen) atoms. The summed E-state index contributed by atoms with van der Waals surface area (Å²) in [4.78, 5) is 29.3. The van der Waals surface area contributed by atoms with Crippen molar-refractivity contribution in [2.75, 3.05) is 7.11 Å². The predicted molar refractivity (Wildman–Crippen MR) is 125 cm³/mol. The second kappa shape index (κ2) is 8.61. The molecule has 1 aliphatic carbocycles. The van der Waals surface area contributed by atoms with Gasteiger partial charge >= 0.3 is 0 Å². The largest absolute Gasteiger partial charge is 0.496 e. The molecule has 1 aliphatic heterocycles. The Morgan fingerprint density at radius 3 is 2.70 bits per heavy atom. The smallest absolute Gasteiger partial charge is 0.271 e. The molecule has 0 saturated heterocycles. The van der Waals surface area contributed by atoms with E-state index in [1.807, 2.05) is 41.8 Å². The number of ether oxygens (including phenoxy) is 1. The van der Waals surface area contributed by atoms with Crippen LogP contribution in [0.5, 0.6) is 5.75 Å². The minimum Gasteiger partial charge on any atom is -0.496 e. The van der Waals surface area contributed by atoms with Gasteiger partial charge in [0.05, 0.1) is 32.0 Å². The number of aromatic nitrogens is 1. The van der Waals surface area contributed by atoms with E-state index in [4.69, 9.17) is 9.15 Å². The van der Waals surface area contributed by atoms with E-state index in [2.05, 4.69) is 5.32 Å². The predicted octanol–water partition coefficient (Wildman–Crippen LogP) is 4.50. The van der Waals surface area contributed by atoms with Gasteiger partial charge in [0.1, 0.15) is 17.0 Å². The van der Waals surface area contributed by atoms with Crippen molar-refractivity contribution in [1.82, 2.24) is 14.8 Å². The lowest BCUT2D eigenvalue weighted by atomic mass is 9.92. The Bertz CT molecular complexity index is 1170. The van der Waals surface area contributed by atoms with Gasteiger partial charge in [-0.3, -0.25) is 9.59 Å². The van der Waals surface area contributed by atoms with Crippen molar-refractivity contribution in [2.45, 2.75) is 70.1 Å². The van der Waals surface area contributed by atoms with E-state index >= 15 is 0 Å². The molecule has 1 unspecified atom stereocenters. The highest BCUT2D eigenvalue weighted by molar-refractivity contribution is 6.02. The van der Waals surface area contributed by atoms with Crippen LogP contribution in [0.1, 0.15) is 61.5 Å². The molecule has 1 N–H and O–H groups in total. The normalized spacial score (nSPS) is 21.6. The lowest BCUT2D eigenvalue weighted by Gasteiger charge is -2.44. The summed E-state index contributed by atoms with van der Waals surface area (Å²) < 4.78 is 13.0. The summed E-state index contributed by atoms with van der Waals surface area (Å²) in [6.07, 6.45) is 8.28. The van der Waals surface area contributed by atoms with Gasteiger partial charge in [0, 0.05) is 23.7 Å². The molecule has 3 heterocycles. The first-order valence-corrected chi connectivity index (χ1v) is 11.8. The highest BCUT2D eigenvalue weighted by atomic mass is 16.5. The Morgan fingerprint density at radius 1 is 1.18 bits per heavy atom. The molecule has 2 aliphatic rings. The van der Waals surface area contributed by atoms with E-state index in [0.29, 0.717) is 23.6 Å². The van der Waals surface area contributed by atoms with Crippen LogP contribution in [0.3, 0.4) is 0 Å². The number of nitrogens with zero attached hydrogens (tertiary/aromatic N) is 2. The van der Waals surface area contributed by atoms with E-state index in [9.17, 15) is 9.59 Å². The van der Waals surface area contributed by atoms with E-state index in [-0.39, 0.29) is 24.4 Å². The first-order chi connectivity index (χ1) is 16.0. The summed E-state index contributed by atoms with van der Waals surface area (Å²) in [6, 6.07) is 11.4. The summed E-state index contributed by atoms with van der Waals surface area (Å²) in [5.41, 5.74) is 1.85. The van der Waals surface area contributed by atoms with Gasteiger partial charge in [-0.15, -0.1) is 0 Å². The van der Waals surface area contributed by atoms with Gasteiger partial charge < -0.3 is 23.9 Å². The number of carbonyl (C=O) groups excluding carboxylic acids is 2. The zero-order chi connectivity index (χ0) is 23.0. The minimum absolute atomic E-state index is 0.103. The maximum Gasteiger partial charge on any atom is 0.271 e. The second-order valence-corrected chi connectivity index (χ2v) is 9.42. The number of furan rings is 1. The molecule has 2 amide bonds. The van der Waals surface area contributed by atoms with Crippen LogP contribution >= 0.6 is 0 Å². The summed E-state index contributed by atoms with van der Waals surface area (Å²) in [5.74, 6) is 0.414. The van der Waals surface area contributed by atoms with Crippen LogP contribution in [0, 0.1) is 0 Å². The molecule has 3 aromatic rings. The summed E-state index contributed by atoms with van der Waals surface area (Å²) >= 11 is 0. The Balaban J connectivity index is 1.53. The van der Waals surface area contributed by atoms with E-state index in [0.717, 1.165) is 36.8 Å². The number of benzene rings is 1. The van der Waals surface area contributed by atoms with E-state index in [1.165, 1.54) is 12.8 Å². The maximum atomic E-state index is 13.8. The molecule has 1 atom stereocenters. The molecule has 1 saturated carbocycles. The third-order valence-corrected chi connectivity index (χ3v) is 7.25. The minimum atomic E-state index is -1.06. The van der Waals surface area contributed by atoms with Gasteiger partial charge in [-0.05, 0) is 25.8 Å². The number of rotatable bonds is 5. The molecule has 0 bridgehead atoms. The second-order valence-electron chi connectivity index (χ2n) is 9.42. The van der Waals surface area contributed by atoms with Gasteiger partial charge in [0.2, 0.25) is 5.91 Å². The number of hydrogen-bond donors (Lipinski definition) is 1. The highest BCUT2D eigenvalue weighted by Gasteiger charge is 2.48. The van der Waals surface area contributed by atoms with Crippen molar-refractivity contribution in [1.29, 1.82) is 0 Å². The molecular formula is C26H31N3O4. The molecule has 174 valence electrons. The molecule has 0 radical (unpaired) electrons. The number of hydrogen-bond acceptors (Lipinski definition) is 4. The van der Waals surface area contributed by atoms with E-state index in [1.54, 1.807) is 24.3 Å². The Hall–Kier alpha value is -3.22. The lowest BCUT2D eigenvalue weighted by Crippen LogP contribution is -2.64. The van der Waals surface area contributed by atoms with Gasteiger partial charge in [0.25, 0.3) is 5.91 Å². The van der Waals surface area contributed by atoms with Crippen molar-refractivity contribution in [2.24, 2.45) is 0 Å². The van der Waals surface area contributed by atoms with E-state index < -0.39 is 5.54 Å². The molecule has 0 spiro atoms. The molecule has 7 heteroatoms. The maximum absolute atomic E-state index is 13.8. The third kappa shape index (κ3) is 3.79. The van der Waals surface area contributed by atoms with Crippen molar-refractivity contribution < 1.29 is 18.7 Å². The number of fused-ring (bicyclic) bond motifs is 3. The number of nitrogens with one attached hydrogen (secondary N) is 1. The van der Waals surface area contributed by atoms with Crippen LogP contribution in [0.2, 0.25) is 0 Å². The van der Waals surface area contributed by atoms with Gasteiger partial charge in [0.15, 0.2) is 5.58 Å². The lowest BCUT2D eigenvalue weighted by molar-refractivity contribution is -0.134. The fourth-order valence-electron chi connectivity index (χ4n) is 5.29. The SMILES string of the molecule is COc1ccccc1CN1C(=O)c2cc3occc3n2CC1(C)C(=O)NC1CCCCCC1. The first kappa shape index (κ1) is 21.6. The molecule has 2 aromatic heterocycles. The van der Waals surface area contributed by atoms with Crippen LogP contribution in [0.4, 0.5) is 0 Å². The summed E-state index contributed by atoms with van der Waals surface area (Å²) in [5, 5.41) is 3.30. The highest BCUT2D eigenvalue weighted by Crippen LogP contribution is 2.35. The van der Waals surface area contributed by atoms with Crippen LogP contribution in [0.25, 0.3) is 11.1 Å². The van der Waals surface area contributed by atoms with Crippen LogP contribution < -0.4 is 10.1 Å². The zero-order valence-corrected chi connectivity index (χ0v) is 19.3. The van der Waals surface area contributed by atoms with Crippen molar-refractivity contribution in [3.05, 3.63) is 53.9 Å². The molecule has 1 aromatic carbocycles. The summed E-state index contributed by atoms with van der Waals surface area (Å²) in [6.45, 7) is 2.52. The number of carbonyl (C=O) groups is 2. The van der Waals surface area contributed by atoms with Crippen LogP contribution in [-0.2, 0) is 17.9 Å². The number of methoxy groups -OCH3 is 1. The fraction of sp³-hybridized carbons (Fsp3) is 0.462. The Kier molecular flexibility index (Phi) is 5.64. The molecule has 7 nitrogen and oxygen atoms in total. The first-order valence-electron chi connectivity index (χ1n) is 11.8. The van der Waals surface area contributed by atoms with Gasteiger partial charge in [-0.2, -0.15) is 0 Å². The van der Waals surface area contributed by atoms with Crippen LogP contribution in [-0.4, -0.2) is 40.0 Å². The zero-order valence-electron chi connectivity index (χ0n) is 19.3. The molecule has 5 rings (SSSR count). The monoisotopic (exact) mass is 449 g/mol.